The Morgan fingerprint density at radius 3 is 1.81 bits per heavy atom. The van der Waals surface area contributed by atoms with Crippen LogP contribution in [0.25, 0.3) is 22.3 Å². The minimum absolute atomic E-state index is 0.00434. The Kier molecular flexibility index (Phi) is 17.7. The number of amides is 1. The number of halogens is 1. The molecular weight excluding hydrogens is 874 g/mol. The smallest absolute Gasteiger partial charge is 0.337 e. The largest absolute Gasteiger partial charge is 0.481 e. The molecule has 5 aromatic rings. The van der Waals surface area contributed by atoms with Crippen LogP contribution in [0.5, 0.6) is 0 Å². The number of sulfone groups is 1. The Labute approximate surface area is 359 Å². The second kappa shape index (κ2) is 22.2. The molecule has 1 saturated carbocycles. The van der Waals surface area contributed by atoms with E-state index in [1.165, 1.54) is 24.3 Å². The summed E-state index contributed by atoms with van der Waals surface area (Å²) < 4.78 is 47.6. The van der Waals surface area contributed by atoms with Gasteiger partial charge in [-0.15, -0.1) is 0 Å². The minimum atomic E-state index is -3.87. The van der Waals surface area contributed by atoms with Gasteiger partial charge in [0.15, 0.2) is 15.5 Å². The number of aromatic carboxylic acids is 2. The summed E-state index contributed by atoms with van der Waals surface area (Å²) in [6, 6.07) is 23.9. The Morgan fingerprint density at radius 1 is 0.710 bits per heavy atom. The third kappa shape index (κ3) is 14.7. The maximum Gasteiger partial charge on any atom is 0.337 e. The summed E-state index contributed by atoms with van der Waals surface area (Å²) in [5.41, 5.74) is 2.86. The number of hydrogen-bond donors (Lipinski definition) is 6. The van der Waals surface area contributed by atoms with Gasteiger partial charge in [0.2, 0.25) is 5.91 Å². The van der Waals surface area contributed by atoms with Crippen molar-refractivity contribution in [3.8, 4) is 11.3 Å². The number of pyridine rings is 2. The number of rotatable bonds is 12. The van der Waals surface area contributed by atoms with E-state index >= 15 is 0 Å². The number of carboxylic acid groups (broad SMARTS) is 5. The molecule has 1 aliphatic rings. The summed E-state index contributed by atoms with van der Waals surface area (Å²) >= 11 is 5.59. The highest BCUT2D eigenvalue weighted by atomic mass is 35.5. The van der Waals surface area contributed by atoms with Crippen LogP contribution in [0.3, 0.4) is 0 Å². The third-order valence-corrected chi connectivity index (χ3v) is 11.6. The first kappa shape index (κ1) is 49.6. The number of aliphatic carboxylic acids is 3. The van der Waals surface area contributed by atoms with Crippen molar-refractivity contribution >= 4 is 78.2 Å². The third-order valence-electron chi connectivity index (χ3n) is 8.78. The van der Waals surface area contributed by atoms with Crippen LogP contribution < -0.4 is 4.72 Å². The van der Waals surface area contributed by atoms with Gasteiger partial charge >= 0.3 is 29.8 Å². The molecule has 328 valence electrons. The van der Waals surface area contributed by atoms with Gasteiger partial charge in [0.05, 0.1) is 43.5 Å². The molecule has 62 heavy (non-hydrogen) atoms. The predicted molar refractivity (Wildman–Crippen MR) is 223 cm³/mol. The number of fused-ring (bicyclic) bond motifs is 1. The molecule has 0 aliphatic heterocycles. The lowest BCUT2D eigenvalue weighted by Crippen LogP contribution is -2.37. The molecule has 1 fully saturated rings. The summed E-state index contributed by atoms with van der Waals surface area (Å²) in [6.07, 6.45) is 3.50. The molecule has 0 spiro atoms. The van der Waals surface area contributed by atoms with Crippen molar-refractivity contribution in [3.05, 3.63) is 119 Å². The fourth-order valence-corrected chi connectivity index (χ4v) is 7.35. The molecule has 6 rings (SSSR count). The van der Waals surface area contributed by atoms with Gasteiger partial charge in [0.1, 0.15) is 0 Å². The van der Waals surface area contributed by atoms with Gasteiger partial charge in [-0.3, -0.25) is 19.2 Å². The highest BCUT2D eigenvalue weighted by Gasteiger charge is 2.41. The first-order valence-electron chi connectivity index (χ1n) is 18.1. The second-order valence-electron chi connectivity index (χ2n) is 13.4. The van der Waals surface area contributed by atoms with Crippen molar-refractivity contribution in [2.24, 2.45) is 11.8 Å². The number of nitrogens with zero attached hydrogens (tertiary/aromatic N) is 2. The fourth-order valence-electron chi connectivity index (χ4n) is 5.36. The maximum atomic E-state index is 11.8. The number of carbonyl (C=O) groups excluding carboxylic acids is 1. The van der Waals surface area contributed by atoms with E-state index in [9.17, 15) is 50.7 Å². The van der Waals surface area contributed by atoms with E-state index in [-0.39, 0.29) is 45.2 Å². The van der Waals surface area contributed by atoms with E-state index in [0.717, 1.165) is 23.3 Å². The molecule has 1 aliphatic carbocycles. The Morgan fingerprint density at radius 2 is 1.29 bits per heavy atom. The Hall–Kier alpha value is -6.77. The van der Waals surface area contributed by atoms with E-state index in [1.807, 2.05) is 35.9 Å². The topological polar surface area (TPSA) is 310 Å². The van der Waals surface area contributed by atoms with Crippen molar-refractivity contribution < 1.29 is 71.1 Å². The van der Waals surface area contributed by atoms with Gasteiger partial charge < -0.3 is 25.5 Å². The molecule has 0 radical (unpaired) electrons. The summed E-state index contributed by atoms with van der Waals surface area (Å²) in [6.45, 7) is 1.82. The average Bonchev–Trinajstić information content (AvgIpc) is 3.17. The molecule has 1 amide bonds. The average molecular weight is 914 g/mol. The molecule has 2 atom stereocenters. The van der Waals surface area contributed by atoms with Gasteiger partial charge in [-0.1, -0.05) is 47.5 Å². The fraction of sp³-hybridized carbons (Fsp3) is 0.220. The van der Waals surface area contributed by atoms with Crippen LogP contribution in [0, 0.1) is 18.8 Å². The molecule has 2 heterocycles. The standard InChI is InChI=1S/C15H10N2O2.C12H15NO5S.C8H7ClO4S.C6H8O4/c18-15(19)12-6-2-1-5-11(12)13-8-7-10-4-3-9-16-14(10)17-13;1-9-5-7-10(8-6-9)19(17,18)13-11(14)3-2-4-12(15)16;1-14(12,13)5-2-3-6(8(10)11)7(9)4-5;7-5(8)3-1-2-4(3)6(9)10/h1-9H,(H,18,19);5-8H,2-4H2,1H3,(H,13,14)(H,15,16);2-4H,1H3,(H,10,11);3-4H,1-2H2,(H,7,8)(H,9,10)/t;;;3-,4-/m...1/s1. The normalized spacial score (nSPS) is 14.1. The van der Waals surface area contributed by atoms with Crippen LogP contribution in [0.4, 0.5) is 0 Å². The molecule has 18 nitrogen and oxygen atoms in total. The van der Waals surface area contributed by atoms with E-state index < -0.39 is 67.5 Å². The van der Waals surface area contributed by atoms with Crippen molar-refractivity contribution in [1.29, 1.82) is 0 Å². The van der Waals surface area contributed by atoms with Gasteiger partial charge in [-0.25, -0.2) is 41.1 Å². The molecule has 21 heteroatoms. The van der Waals surface area contributed by atoms with Gasteiger partial charge in [-0.2, -0.15) is 0 Å². The monoisotopic (exact) mass is 913 g/mol. The van der Waals surface area contributed by atoms with Gasteiger partial charge in [0, 0.05) is 36.2 Å². The van der Waals surface area contributed by atoms with E-state index in [1.54, 1.807) is 42.6 Å². The lowest BCUT2D eigenvalue weighted by Gasteiger charge is -2.29. The number of aromatic nitrogens is 2. The quantitative estimate of drug-likeness (QED) is 0.0878. The lowest BCUT2D eigenvalue weighted by atomic mass is 9.74. The zero-order chi connectivity index (χ0) is 46.4. The minimum Gasteiger partial charge on any atom is -0.481 e. The second-order valence-corrected chi connectivity index (χ2v) is 17.5. The van der Waals surface area contributed by atoms with Crippen molar-refractivity contribution in [2.45, 2.75) is 48.8 Å². The van der Waals surface area contributed by atoms with Crippen molar-refractivity contribution in [3.63, 3.8) is 0 Å². The molecular formula is C41H40ClN3O15S2. The number of benzene rings is 3. The molecule has 0 bridgehead atoms. The molecule has 0 unspecified atom stereocenters. The number of carboxylic acids is 5. The highest BCUT2D eigenvalue weighted by molar-refractivity contribution is 7.90. The van der Waals surface area contributed by atoms with E-state index in [0.29, 0.717) is 29.7 Å². The molecule has 0 saturated heterocycles. The number of sulfonamides is 1. The lowest BCUT2D eigenvalue weighted by molar-refractivity contribution is -0.160. The summed E-state index contributed by atoms with van der Waals surface area (Å²) in [5.74, 6) is -7.13. The van der Waals surface area contributed by atoms with E-state index in [4.69, 9.17) is 32.0 Å². The SMILES string of the molecule is CS(=O)(=O)c1ccc(C(=O)O)c(Cl)c1.Cc1ccc(S(=O)(=O)NC(=O)CCCC(=O)O)cc1.O=C(O)[C@@H]1CC[C@H]1C(=O)O.O=C(O)c1ccccc1-c1ccc2cccnc2n1. The summed E-state index contributed by atoms with van der Waals surface area (Å²) in [5, 5.41) is 43.9. The van der Waals surface area contributed by atoms with Crippen LogP contribution in [-0.4, -0.2) is 94.3 Å². The highest BCUT2D eigenvalue weighted by Crippen LogP contribution is 2.34. The summed E-state index contributed by atoms with van der Waals surface area (Å²) in [4.78, 5) is 72.5. The molecule has 6 N–H and O–H groups in total. The van der Waals surface area contributed by atoms with Crippen LogP contribution in [0.1, 0.15) is 58.4 Å². The first-order valence-corrected chi connectivity index (χ1v) is 21.8. The van der Waals surface area contributed by atoms with E-state index in [2.05, 4.69) is 9.97 Å². The van der Waals surface area contributed by atoms with Crippen LogP contribution in [0.2, 0.25) is 5.02 Å². The Bertz CT molecular complexity index is 2670. The zero-order valence-electron chi connectivity index (χ0n) is 32.8. The van der Waals surface area contributed by atoms with Crippen LogP contribution in [0.15, 0.2) is 107 Å². The number of nitrogens with one attached hydrogen (secondary N) is 1. The van der Waals surface area contributed by atoms with Gasteiger partial charge in [-0.05, 0) is 86.8 Å². The number of carbonyl (C=O) groups is 6. The first-order chi connectivity index (χ1) is 29.0. The van der Waals surface area contributed by atoms with Crippen LogP contribution >= 0.6 is 11.6 Å². The zero-order valence-corrected chi connectivity index (χ0v) is 35.2. The Balaban J connectivity index is 0.000000226. The summed E-state index contributed by atoms with van der Waals surface area (Å²) in [7, 11) is -7.22. The molecule has 3 aromatic carbocycles. The van der Waals surface area contributed by atoms with Crippen LogP contribution in [-0.2, 0) is 39.0 Å². The van der Waals surface area contributed by atoms with Gasteiger partial charge in [0.25, 0.3) is 10.0 Å². The van der Waals surface area contributed by atoms with Crippen molar-refractivity contribution in [1.82, 2.24) is 14.7 Å². The van der Waals surface area contributed by atoms with Crippen molar-refractivity contribution in [2.75, 3.05) is 6.26 Å². The molecule has 2 aromatic heterocycles. The number of aryl methyl sites for hydroxylation is 1. The maximum absolute atomic E-state index is 11.8. The number of hydrogen-bond acceptors (Lipinski definition) is 12. The predicted octanol–water partition coefficient (Wildman–Crippen LogP) is 5.67.